The van der Waals surface area contributed by atoms with Crippen molar-refractivity contribution in [3.8, 4) is 5.75 Å². The maximum Gasteiger partial charge on any atom is 0.490 e. The first-order valence-electron chi connectivity index (χ1n) is 8.51. The Hall–Kier alpha value is -2.01. The van der Waals surface area contributed by atoms with Gasteiger partial charge in [0, 0.05) is 38.1 Å². The number of ether oxygens (including phenoxy) is 2. The minimum absolute atomic E-state index is 0.0969. The summed E-state index contributed by atoms with van der Waals surface area (Å²) in [5, 5.41) is 7.12. The van der Waals surface area contributed by atoms with Crippen LogP contribution in [0.2, 0.25) is 0 Å². The van der Waals surface area contributed by atoms with E-state index in [2.05, 4.69) is 4.98 Å². The van der Waals surface area contributed by atoms with Gasteiger partial charge in [-0.1, -0.05) is 0 Å². The van der Waals surface area contributed by atoms with Crippen molar-refractivity contribution < 1.29 is 37.3 Å². The number of carbonyl (C=O) groups is 2. The summed E-state index contributed by atoms with van der Waals surface area (Å²) >= 11 is 1.92. The predicted octanol–water partition coefficient (Wildman–Crippen LogP) is 2.22. The number of aromatic nitrogens is 1. The van der Waals surface area contributed by atoms with Crippen LogP contribution in [-0.4, -0.2) is 76.0 Å². The number of hydrogen-bond acceptors (Lipinski definition) is 6. The summed E-state index contributed by atoms with van der Waals surface area (Å²) in [4.78, 5) is 26.7. The highest BCUT2D eigenvalue weighted by Gasteiger charge is 2.51. The average molecular weight is 422 g/mol. The Morgan fingerprint density at radius 2 is 2.11 bits per heavy atom. The van der Waals surface area contributed by atoms with E-state index in [0.717, 1.165) is 31.0 Å². The second-order valence-corrected chi connectivity index (χ2v) is 7.80. The molecule has 1 unspecified atom stereocenters. The number of aliphatic carboxylic acids is 1. The van der Waals surface area contributed by atoms with Crippen molar-refractivity contribution >= 4 is 23.6 Å². The molecule has 2 aliphatic heterocycles. The van der Waals surface area contributed by atoms with Gasteiger partial charge in [0.05, 0.1) is 10.9 Å². The molecule has 7 nitrogen and oxygen atoms in total. The van der Waals surface area contributed by atoms with E-state index in [1.165, 1.54) is 0 Å². The van der Waals surface area contributed by atoms with E-state index in [9.17, 15) is 18.0 Å². The van der Waals surface area contributed by atoms with Crippen LogP contribution in [0, 0.1) is 0 Å². The first kappa shape index (κ1) is 22.3. The fraction of sp³-hybridized carbons (Fsp3) is 0.588. The van der Waals surface area contributed by atoms with Gasteiger partial charge in [-0.2, -0.15) is 13.2 Å². The highest BCUT2D eigenvalue weighted by molar-refractivity contribution is 8.01. The van der Waals surface area contributed by atoms with Gasteiger partial charge in [-0.15, -0.1) is 11.8 Å². The number of likely N-dealkylation sites (tertiary alicyclic amines) is 1. The molecule has 11 heteroatoms. The van der Waals surface area contributed by atoms with Crippen molar-refractivity contribution in [2.75, 3.05) is 32.1 Å². The first-order valence-corrected chi connectivity index (χ1v) is 9.50. The summed E-state index contributed by atoms with van der Waals surface area (Å²) in [6.07, 6.45) is -0.395. The molecule has 3 heterocycles. The van der Waals surface area contributed by atoms with Crippen LogP contribution in [0.3, 0.4) is 0 Å². The zero-order chi connectivity index (χ0) is 20.8. The van der Waals surface area contributed by atoms with Crippen LogP contribution in [0.25, 0.3) is 0 Å². The molecule has 0 saturated carbocycles. The summed E-state index contributed by atoms with van der Waals surface area (Å²) in [7, 11) is 0. The second-order valence-electron chi connectivity index (χ2n) is 6.32. The molecule has 1 N–H and O–H groups in total. The zero-order valence-electron chi connectivity index (χ0n) is 15.1. The van der Waals surface area contributed by atoms with Crippen molar-refractivity contribution in [3.05, 3.63) is 24.5 Å². The lowest BCUT2D eigenvalue weighted by molar-refractivity contribution is -0.192. The quantitative estimate of drug-likeness (QED) is 0.778. The molecule has 1 spiro atoms. The summed E-state index contributed by atoms with van der Waals surface area (Å²) in [5.41, 5.74) is 0. The number of carbonyl (C=O) groups excluding carboxylic acids is 1. The van der Waals surface area contributed by atoms with Crippen LogP contribution in [0.1, 0.15) is 13.3 Å². The number of alkyl halides is 3. The Morgan fingerprint density at radius 1 is 1.43 bits per heavy atom. The molecule has 1 amide bonds. The number of rotatable bonds is 5. The lowest BCUT2D eigenvalue weighted by Gasteiger charge is -2.47. The van der Waals surface area contributed by atoms with E-state index in [-0.39, 0.29) is 23.4 Å². The van der Waals surface area contributed by atoms with Crippen molar-refractivity contribution in [2.24, 2.45) is 0 Å². The Morgan fingerprint density at radius 3 is 2.64 bits per heavy atom. The number of halogens is 3. The lowest BCUT2D eigenvalue weighted by Crippen LogP contribution is -2.61. The molecule has 2 aliphatic rings. The van der Waals surface area contributed by atoms with E-state index in [0.29, 0.717) is 6.61 Å². The molecule has 156 valence electrons. The number of amides is 1. The van der Waals surface area contributed by atoms with Gasteiger partial charge >= 0.3 is 12.1 Å². The summed E-state index contributed by atoms with van der Waals surface area (Å²) in [6, 6.07) is 3.81. The fourth-order valence-electron chi connectivity index (χ4n) is 2.81. The number of hydrogen-bond donors (Lipinski definition) is 1. The monoisotopic (exact) mass is 422 g/mol. The third kappa shape index (κ3) is 6.26. The van der Waals surface area contributed by atoms with E-state index in [4.69, 9.17) is 19.4 Å². The Balaban J connectivity index is 0.000000345. The van der Waals surface area contributed by atoms with Gasteiger partial charge in [-0.25, -0.2) is 4.79 Å². The third-order valence-electron chi connectivity index (χ3n) is 4.10. The molecule has 0 bridgehead atoms. The Bertz CT molecular complexity index is 669. The molecule has 1 atom stereocenters. The van der Waals surface area contributed by atoms with Crippen LogP contribution in [0.15, 0.2) is 24.5 Å². The molecular formula is C17H21F3N2O5S. The van der Waals surface area contributed by atoms with Crippen molar-refractivity contribution in [1.29, 1.82) is 0 Å². The first-order chi connectivity index (χ1) is 13.1. The lowest BCUT2D eigenvalue weighted by atomic mass is 9.93. The van der Waals surface area contributed by atoms with Crippen LogP contribution >= 0.6 is 11.8 Å². The van der Waals surface area contributed by atoms with E-state index in [1.807, 2.05) is 35.7 Å². The van der Waals surface area contributed by atoms with Crippen LogP contribution in [0.5, 0.6) is 5.75 Å². The van der Waals surface area contributed by atoms with Gasteiger partial charge in [0.1, 0.15) is 18.5 Å². The fourth-order valence-corrected chi connectivity index (χ4v) is 4.34. The standard InChI is InChI=1S/C15H20N2O3S.C2HF3O2/c1-2-19-8-14(18)17-10-15(11-17)6-13(9-21-15)20-12-4-3-5-16-7-12;3-2(4,5)1(6)7/h3-5,7,13H,2,6,8-11H2,1H3;(H,6,7). The molecule has 1 aromatic rings. The second kappa shape index (κ2) is 9.46. The molecule has 28 heavy (non-hydrogen) atoms. The average Bonchev–Trinajstić information content (AvgIpc) is 3.03. The number of nitrogens with zero attached hydrogens (tertiary/aromatic N) is 2. The SMILES string of the molecule is CCOCC(=O)N1CC2(CC(Oc3cccnc3)CS2)C1.O=C(O)C(F)(F)F. The summed E-state index contributed by atoms with van der Waals surface area (Å²) < 4.78 is 43.1. The Labute approximate surface area is 164 Å². The summed E-state index contributed by atoms with van der Waals surface area (Å²) in [5.74, 6) is -0.862. The largest absolute Gasteiger partial charge is 0.490 e. The molecule has 2 saturated heterocycles. The predicted molar refractivity (Wildman–Crippen MR) is 95.2 cm³/mol. The van der Waals surface area contributed by atoms with Crippen LogP contribution in [0.4, 0.5) is 13.2 Å². The van der Waals surface area contributed by atoms with Gasteiger partial charge < -0.3 is 19.5 Å². The maximum absolute atomic E-state index is 11.8. The van der Waals surface area contributed by atoms with Crippen molar-refractivity contribution in [3.63, 3.8) is 0 Å². The van der Waals surface area contributed by atoms with E-state index < -0.39 is 12.1 Å². The van der Waals surface area contributed by atoms with Crippen molar-refractivity contribution in [1.82, 2.24) is 9.88 Å². The number of pyridine rings is 1. The smallest absolute Gasteiger partial charge is 0.488 e. The maximum atomic E-state index is 11.8. The number of carboxylic acid groups (broad SMARTS) is 1. The van der Waals surface area contributed by atoms with Gasteiger partial charge in [-0.3, -0.25) is 9.78 Å². The molecule has 0 aromatic carbocycles. The van der Waals surface area contributed by atoms with Crippen LogP contribution < -0.4 is 4.74 Å². The zero-order valence-corrected chi connectivity index (χ0v) is 16.0. The van der Waals surface area contributed by atoms with E-state index >= 15 is 0 Å². The van der Waals surface area contributed by atoms with Gasteiger partial charge in [-0.05, 0) is 19.1 Å². The molecular weight excluding hydrogens is 401 g/mol. The topological polar surface area (TPSA) is 89.0 Å². The molecule has 0 radical (unpaired) electrons. The minimum Gasteiger partial charge on any atom is -0.488 e. The molecule has 3 rings (SSSR count). The highest BCUT2D eigenvalue weighted by atomic mass is 32.2. The molecule has 1 aromatic heterocycles. The number of carboxylic acids is 1. The van der Waals surface area contributed by atoms with Gasteiger partial charge in [0.2, 0.25) is 5.91 Å². The highest BCUT2D eigenvalue weighted by Crippen LogP contribution is 2.46. The molecule has 2 fully saturated rings. The molecule has 0 aliphatic carbocycles. The van der Waals surface area contributed by atoms with E-state index in [1.54, 1.807) is 12.4 Å². The minimum atomic E-state index is -5.08. The third-order valence-corrected chi connectivity index (χ3v) is 5.67. The van der Waals surface area contributed by atoms with Crippen LogP contribution in [-0.2, 0) is 14.3 Å². The van der Waals surface area contributed by atoms with Crippen molar-refractivity contribution in [2.45, 2.75) is 30.4 Å². The van der Waals surface area contributed by atoms with Gasteiger partial charge in [0.15, 0.2) is 0 Å². The normalized spacial score (nSPS) is 20.1. The van der Waals surface area contributed by atoms with Gasteiger partial charge in [0.25, 0.3) is 0 Å². The number of thioether (sulfide) groups is 1. The summed E-state index contributed by atoms with van der Waals surface area (Å²) in [6.45, 7) is 4.32. The Kier molecular flexibility index (Phi) is 7.53.